The molecule has 0 spiro atoms. The first-order valence-electron chi connectivity index (χ1n) is 5.49. The number of aliphatic hydroxyl groups excluding tert-OH is 1. The van der Waals surface area contributed by atoms with E-state index in [0.717, 1.165) is 31.6 Å². The van der Waals surface area contributed by atoms with E-state index in [4.69, 9.17) is 5.73 Å². The average molecular weight is 185 g/mol. The minimum Gasteiger partial charge on any atom is -0.393 e. The Morgan fingerprint density at radius 3 is 2.62 bits per heavy atom. The Morgan fingerprint density at radius 1 is 1.54 bits per heavy atom. The van der Waals surface area contributed by atoms with Crippen LogP contribution in [-0.2, 0) is 0 Å². The Hall–Kier alpha value is -0.0800. The molecule has 0 aromatic rings. The van der Waals surface area contributed by atoms with Crippen LogP contribution in [0.25, 0.3) is 0 Å². The van der Waals surface area contributed by atoms with Crippen LogP contribution in [0.3, 0.4) is 0 Å². The molecule has 1 aliphatic carbocycles. The summed E-state index contributed by atoms with van der Waals surface area (Å²) in [5, 5.41) is 9.87. The summed E-state index contributed by atoms with van der Waals surface area (Å²) in [5.41, 5.74) is 5.85. The molecule has 0 aromatic heterocycles. The van der Waals surface area contributed by atoms with Gasteiger partial charge in [-0.05, 0) is 25.2 Å². The zero-order chi connectivity index (χ0) is 9.90. The van der Waals surface area contributed by atoms with Crippen LogP contribution in [0.2, 0.25) is 0 Å². The molecule has 0 radical (unpaired) electrons. The average Bonchev–Trinajstić information content (AvgIpc) is 2.45. The first-order valence-corrected chi connectivity index (χ1v) is 5.49. The molecule has 2 unspecified atom stereocenters. The largest absolute Gasteiger partial charge is 0.393 e. The predicted octanol–water partition coefficient (Wildman–Crippen LogP) is 1.91. The summed E-state index contributed by atoms with van der Waals surface area (Å²) in [6.45, 7) is 5.11. The Kier molecular flexibility index (Phi) is 3.74. The number of rotatable bonds is 4. The Balaban J connectivity index is 2.49. The van der Waals surface area contributed by atoms with Crippen LogP contribution in [0.5, 0.6) is 0 Å². The summed E-state index contributed by atoms with van der Waals surface area (Å²) >= 11 is 0. The van der Waals surface area contributed by atoms with E-state index in [1.807, 2.05) is 0 Å². The molecule has 0 aromatic carbocycles. The van der Waals surface area contributed by atoms with Gasteiger partial charge in [-0.15, -0.1) is 0 Å². The van der Waals surface area contributed by atoms with Crippen LogP contribution in [0.1, 0.15) is 46.0 Å². The fourth-order valence-corrected chi connectivity index (χ4v) is 2.33. The lowest BCUT2D eigenvalue weighted by atomic mass is 9.78. The van der Waals surface area contributed by atoms with Gasteiger partial charge in [0.2, 0.25) is 0 Å². The van der Waals surface area contributed by atoms with Crippen LogP contribution < -0.4 is 5.73 Å². The second kappa shape index (κ2) is 4.43. The molecule has 1 fully saturated rings. The first-order chi connectivity index (χ1) is 6.10. The summed E-state index contributed by atoms with van der Waals surface area (Å²) in [5.74, 6) is 0.719. The van der Waals surface area contributed by atoms with Crippen molar-refractivity contribution in [3.05, 3.63) is 0 Å². The Bertz CT molecular complexity index is 158. The lowest BCUT2D eigenvalue weighted by Crippen LogP contribution is -2.37. The van der Waals surface area contributed by atoms with Crippen molar-refractivity contribution in [2.45, 2.75) is 52.1 Å². The van der Waals surface area contributed by atoms with Gasteiger partial charge in [-0.3, -0.25) is 0 Å². The SMILES string of the molecule is CC(C)CCC1(CN)CCCC1O. The van der Waals surface area contributed by atoms with E-state index in [1.54, 1.807) is 0 Å². The number of nitrogens with two attached hydrogens (primary N) is 1. The van der Waals surface area contributed by atoms with E-state index >= 15 is 0 Å². The topological polar surface area (TPSA) is 46.2 Å². The van der Waals surface area contributed by atoms with Gasteiger partial charge < -0.3 is 10.8 Å². The van der Waals surface area contributed by atoms with Crippen molar-refractivity contribution < 1.29 is 5.11 Å². The van der Waals surface area contributed by atoms with E-state index in [1.165, 1.54) is 6.42 Å². The second-order valence-electron chi connectivity index (χ2n) is 4.91. The summed E-state index contributed by atoms with van der Waals surface area (Å²) in [7, 11) is 0. The highest BCUT2D eigenvalue weighted by atomic mass is 16.3. The summed E-state index contributed by atoms with van der Waals surface area (Å²) < 4.78 is 0. The van der Waals surface area contributed by atoms with Gasteiger partial charge in [0.25, 0.3) is 0 Å². The maximum atomic E-state index is 9.87. The van der Waals surface area contributed by atoms with Crippen LogP contribution in [-0.4, -0.2) is 17.8 Å². The van der Waals surface area contributed by atoms with Gasteiger partial charge in [0.05, 0.1) is 6.10 Å². The smallest absolute Gasteiger partial charge is 0.0608 e. The van der Waals surface area contributed by atoms with E-state index in [-0.39, 0.29) is 11.5 Å². The van der Waals surface area contributed by atoms with Gasteiger partial charge in [0.15, 0.2) is 0 Å². The predicted molar refractivity (Wildman–Crippen MR) is 55.4 cm³/mol. The first kappa shape index (κ1) is 11.0. The molecule has 2 heteroatoms. The Labute approximate surface area is 81.5 Å². The van der Waals surface area contributed by atoms with Gasteiger partial charge in [-0.2, -0.15) is 0 Å². The third kappa shape index (κ3) is 2.44. The zero-order valence-electron chi connectivity index (χ0n) is 8.92. The number of hydrogen-bond acceptors (Lipinski definition) is 2. The summed E-state index contributed by atoms with van der Waals surface area (Å²) in [4.78, 5) is 0. The van der Waals surface area contributed by atoms with Crippen molar-refractivity contribution in [1.29, 1.82) is 0 Å². The third-order valence-corrected chi connectivity index (χ3v) is 3.49. The maximum absolute atomic E-state index is 9.87. The van der Waals surface area contributed by atoms with E-state index < -0.39 is 0 Å². The zero-order valence-corrected chi connectivity index (χ0v) is 8.92. The van der Waals surface area contributed by atoms with Crippen molar-refractivity contribution in [2.24, 2.45) is 17.1 Å². The lowest BCUT2D eigenvalue weighted by Gasteiger charge is -2.32. The van der Waals surface area contributed by atoms with E-state index in [9.17, 15) is 5.11 Å². The molecular weight excluding hydrogens is 162 g/mol. The molecule has 3 N–H and O–H groups in total. The second-order valence-corrected chi connectivity index (χ2v) is 4.91. The molecule has 1 aliphatic rings. The van der Waals surface area contributed by atoms with Crippen molar-refractivity contribution >= 4 is 0 Å². The lowest BCUT2D eigenvalue weighted by molar-refractivity contribution is 0.0480. The fraction of sp³-hybridized carbons (Fsp3) is 1.00. The summed E-state index contributed by atoms with van der Waals surface area (Å²) in [6, 6.07) is 0. The van der Waals surface area contributed by atoms with Crippen molar-refractivity contribution in [3.8, 4) is 0 Å². The van der Waals surface area contributed by atoms with Gasteiger partial charge in [-0.25, -0.2) is 0 Å². The highest BCUT2D eigenvalue weighted by molar-refractivity contribution is 4.92. The van der Waals surface area contributed by atoms with E-state index in [0.29, 0.717) is 6.54 Å². The van der Waals surface area contributed by atoms with Crippen molar-refractivity contribution in [1.82, 2.24) is 0 Å². The molecule has 2 atom stereocenters. The molecule has 0 amide bonds. The van der Waals surface area contributed by atoms with Gasteiger partial charge in [0, 0.05) is 12.0 Å². The molecule has 13 heavy (non-hydrogen) atoms. The molecule has 0 aliphatic heterocycles. The highest BCUT2D eigenvalue weighted by Crippen LogP contribution is 2.41. The van der Waals surface area contributed by atoms with Gasteiger partial charge >= 0.3 is 0 Å². The quantitative estimate of drug-likeness (QED) is 0.703. The molecule has 2 nitrogen and oxygen atoms in total. The number of aliphatic hydroxyl groups is 1. The molecule has 1 rings (SSSR count). The summed E-state index contributed by atoms with van der Waals surface area (Å²) in [6.07, 6.45) is 5.37. The van der Waals surface area contributed by atoms with Crippen LogP contribution >= 0.6 is 0 Å². The minimum atomic E-state index is -0.142. The van der Waals surface area contributed by atoms with Crippen molar-refractivity contribution in [3.63, 3.8) is 0 Å². The van der Waals surface area contributed by atoms with Gasteiger partial charge in [0.1, 0.15) is 0 Å². The standard InChI is InChI=1S/C11H23NO/c1-9(2)5-7-11(8-12)6-3-4-10(11)13/h9-10,13H,3-8,12H2,1-2H3. The molecule has 0 bridgehead atoms. The highest BCUT2D eigenvalue weighted by Gasteiger charge is 2.40. The van der Waals surface area contributed by atoms with Crippen LogP contribution in [0.4, 0.5) is 0 Å². The number of hydrogen-bond donors (Lipinski definition) is 2. The molecule has 0 saturated heterocycles. The maximum Gasteiger partial charge on any atom is 0.0608 e. The Morgan fingerprint density at radius 2 is 2.23 bits per heavy atom. The monoisotopic (exact) mass is 185 g/mol. The van der Waals surface area contributed by atoms with Gasteiger partial charge in [-0.1, -0.05) is 26.7 Å². The van der Waals surface area contributed by atoms with Crippen molar-refractivity contribution in [2.75, 3.05) is 6.54 Å². The molecule has 1 saturated carbocycles. The van der Waals surface area contributed by atoms with E-state index in [2.05, 4.69) is 13.8 Å². The molecule has 0 heterocycles. The van der Waals surface area contributed by atoms with Crippen LogP contribution in [0.15, 0.2) is 0 Å². The normalized spacial score (nSPS) is 34.4. The molecule has 78 valence electrons. The minimum absolute atomic E-state index is 0.0598. The fourth-order valence-electron chi connectivity index (χ4n) is 2.33. The third-order valence-electron chi connectivity index (χ3n) is 3.49. The molecular formula is C11H23NO. The van der Waals surface area contributed by atoms with Crippen LogP contribution in [0, 0.1) is 11.3 Å².